The molecule has 2 aromatic carbocycles. The van der Waals surface area contributed by atoms with Gasteiger partial charge in [-0.25, -0.2) is 4.99 Å². The van der Waals surface area contributed by atoms with E-state index in [0.717, 1.165) is 24.2 Å². The standard InChI is InChI=1S/C22H24N2O/c1-15(2)18-10-8-17(9-11-18)14-20-22(25)24-21(23-20)13-12-19-7-5-4-6-16(19)3/h4-11,14-15H,12-13H2,1-3H3,(H,23,24,25)/b20-14+. The first kappa shape index (κ1) is 17.2. The monoisotopic (exact) mass is 332 g/mol. The van der Waals surface area contributed by atoms with E-state index in [2.05, 4.69) is 55.3 Å². The van der Waals surface area contributed by atoms with Crippen molar-refractivity contribution in [2.45, 2.75) is 39.5 Å². The van der Waals surface area contributed by atoms with Crippen LogP contribution in [0.4, 0.5) is 0 Å². The maximum absolute atomic E-state index is 12.1. The van der Waals surface area contributed by atoms with Crippen molar-refractivity contribution in [3.63, 3.8) is 0 Å². The Balaban J connectivity index is 1.70. The zero-order valence-electron chi connectivity index (χ0n) is 15.0. The van der Waals surface area contributed by atoms with Gasteiger partial charge in [0.1, 0.15) is 11.5 Å². The molecule has 0 unspecified atom stereocenters. The summed E-state index contributed by atoms with van der Waals surface area (Å²) in [6.07, 6.45) is 3.46. The maximum Gasteiger partial charge on any atom is 0.275 e. The summed E-state index contributed by atoms with van der Waals surface area (Å²) in [6, 6.07) is 16.6. The maximum atomic E-state index is 12.1. The summed E-state index contributed by atoms with van der Waals surface area (Å²) < 4.78 is 0. The minimum Gasteiger partial charge on any atom is -0.309 e. The average molecular weight is 332 g/mol. The zero-order chi connectivity index (χ0) is 17.8. The zero-order valence-corrected chi connectivity index (χ0v) is 15.0. The number of hydrogen-bond donors (Lipinski definition) is 1. The van der Waals surface area contributed by atoms with Crippen LogP contribution in [0.15, 0.2) is 59.2 Å². The molecule has 1 aliphatic heterocycles. The Hall–Kier alpha value is -2.68. The fourth-order valence-corrected chi connectivity index (χ4v) is 2.91. The molecule has 3 nitrogen and oxygen atoms in total. The van der Waals surface area contributed by atoms with Crippen molar-refractivity contribution >= 4 is 17.8 Å². The van der Waals surface area contributed by atoms with Crippen LogP contribution in [-0.2, 0) is 11.2 Å². The van der Waals surface area contributed by atoms with E-state index in [1.54, 1.807) is 0 Å². The highest BCUT2D eigenvalue weighted by atomic mass is 16.2. The minimum atomic E-state index is -0.118. The lowest BCUT2D eigenvalue weighted by Crippen LogP contribution is -2.24. The van der Waals surface area contributed by atoms with Crippen molar-refractivity contribution < 1.29 is 4.79 Å². The van der Waals surface area contributed by atoms with Crippen molar-refractivity contribution in [3.05, 3.63) is 76.5 Å². The Morgan fingerprint density at radius 2 is 1.76 bits per heavy atom. The van der Waals surface area contributed by atoms with Gasteiger partial charge in [0.25, 0.3) is 5.91 Å². The number of carbonyl (C=O) groups excluding carboxylic acids is 1. The fraction of sp³-hybridized carbons (Fsp3) is 0.273. The fourth-order valence-electron chi connectivity index (χ4n) is 2.91. The molecule has 25 heavy (non-hydrogen) atoms. The summed E-state index contributed by atoms with van der Waals surface area (Å²) in [7, 11) is 0. The molecule has 0 spiro atoms. The van der Waals surface area contributed by atoms with E-state index in [0.29, 0.717) is 11.6 Å². The van der Waals surface area contributed by atoms with Gasteiger partial charge in [0.2, 0.25) is 0 Å². The molecule has 0 saturated carbocycles. The highest BCUT2D eigenvalue weighted by molar-refractivity contribution is 6.14. The highest BCUT2D eigenvalue weighted by Crippen LogP contribution is 2.18. The Morgan fingerprint density at radius 1 is 1.04 bits per heavy atom. The summed E-state index contributed by atoms with van der Waals surface area (Å²) in [5, 5.41) is 2.89. The first-order chi connectivity index (χ1) is 12.0. The van der Waals surface area contributed by atoms with E-state index in [-0.39, 0.29) is 5.91 Å². The van der Waals surface area contributed by atoms with Gasteiger partial charge in [-0.1, -0.05) is 62.4 Å². The molecular weight excluding hydrogens is 308 g/mol. The van der Waals surface area contributed by atoms with Crippen molar-refractivity contribution in [1.82, 2.24) is 5.32 Å². The van der Waals surface area contributed by atoms with Gasteiger partial charge >= 0.3 is 0 Å². The van der Waals surface area contributed by atoms with Crippen LogP contribution in [0.3, 0.4) is 0 Å². The van der Waals surface area contributed by atoms with Crippen molar-refractivity contribution in [2.75, 3.05) is 0 Å². The van der Waals surface area contributed by atoms with Crippen LogP contribution in [0.5, 0.6) is 0 Å². The molecule has 0 saturated heterocycles. The first-order valence-corrected chi connectivity index (χ1v) is 8.78. The van der Waals surface area contributed by atoms with E-state index in [9.17, 15) is 4.79 Å². The van der Waals surface area contributed by atoms with Crippen molar-refractivity contribution in [2.24, 2.45) is 4.99 Å². The lowest BCUT2D eigenvalue weighted by Gasteiger charge is -2.04. The van der Waals surface area contributed by atoms with Gasteiger partial charge in [-0.15, -0.1) is 0 Å². The number of aryl methyl sites for hydroxylation is 2. The van der Waals surface area contributed by atoms with Gasteiger partial charge in [-0.3, -0.25) is 4.79 Å². The summed E-state index contributed by atoms with van der Waals surface area (Å²) in [4.78, 5) is 16.6. The lowest BCUT2D eigenvalue weighted by atomic mass is 10.0. The van der Waals surface area contributed by atoms with Crippen molar-refractivity contribution in [3.8, 4) is 0 Å². The third-order valence-electron chi connectivity index (χ3n) is 4.54. The number of amidine groups is 1. The SMILES string of the molecule is Cc1ccccc1CCC1=N/C(=C/c2ccc(C(C)C)cc2)C(=O)N1. The van der Waals surface area contributed by atoms with Crippen LogP contribution in [0.1, 0.15) is 48.4 Å². The topological polar surface area (TPSA) is 41.5 Å². The van der Waals surface area contributed by atoms with Gasteiger partial charge in [-0.2, -0.15) is 0 Å². The Labute approximate surface area is 149 Å². The van der Waals surface area contributed by atoms with E-state index < -0.39 is 0 Å². The smallest absolute Gasteiger partial charge is 0.275 e. The second-order valence-electron chi connectivity index (χ2n) is 6.79. The number of aliphatic imine (C=N–C) groups is 1. The Bertz CT molecular complexity index is 829. The predicted octanol–water partition coefficient (Wildman–Crippen LogP) is 4.62. The molecule has 128 valence electrons. The molecule has 0 aliphatic carbocycles. The van der Waals surface area contributed by atoms with Crippen LogP contribution in [0.25, 0.3) is 6.08 Å². The summed E-state index contributed by atoms with van der Waals surface area (Å²) in [5.41, 5.74) is 5.34. The summed E-state index contributed by atoms with van der Waals surface area (Å²) in [6.45, 7) is 6.45. The van der Waals surface area contributed by atoms with Gasteiger partial charge in [0, 0.05) is 6.42 Å². The van der Waals surface area contributed by atoms with Gasteiger partial charge < -0.3 is 5.32 Å². The van der Waals surface area contributed by atoms with E-state index in [4.69, 9.17) is 0 Å². The Kier molecular flexibility index (Phi) is 5.13. The number of nitrogens with one attached hydrogen (secondary N) is 1. The molecule has 0 radical (unpaired) electrons. The first-order valence-electron chi connectivity index (χ1n) is 8.78. The van der Waals surface area contributed by atoms with Crippen LogP contribution >= 0.6 is 0 Å². The molecule has 1 N–H and O–H groups in total. The molecule has 1 heterocycles. The second-order valence-corrected chi connectivity index (χ2v) is 6.79. The third-order valence-corrected chi connectivity index (χ3v) is 4.54. The molecule has 3 heteroatoms. The van der Waals surface area contributed by atoms with Gasteiger partial charge in [0.15, 0.2) is 0 Å². The van der Waals surface area contributed by atoms with Crippen molar-refractivity contribution in [1.29, 1.82) is 0 Å². The molecule has 0 bridgehead atoms. The van der Waals surface area contributed by atoms with Gasteiger partial charge in [0.05, 0.1) is 0 Å². The molecular formula is C22H24N2O. The molecule has 1 amide bonds. The third kappa shape index (κ3) is 4.24. The Morgan fingerprint density at radius 3 is 2.44 bits per heavy atom. The highest BCUT2D eigenvalue weighted by Gasteiger charge is 2.19. The largest absolute Gasteiger partial charge is 0.309 e. The molecule has 0 atom stereocenters. The van der Waals surface area contributed by atoms with Gasteiger partial charge in [-0.05, 0) is 47.6 Å². The van der Waals surface area contributed by atoms with E-state index in [1.165, 1.54) is 16.7 Å². The number of amides is 1. The predicted molar refractivity (Wildman–Crippen MR) is 104 cm³/mol. The normalized spacial score (nSPS) is 15.6. The number of nitrogens with zero attached hydrogens (tertiary/aromatic N) is 1. The molecule has 0 aromatic heterocycles. The molecule has 0 fully saturated rings. The lowest BCUT2D eigenvalue weighted by molar-refractivity contribution is -0.115. The molecule has 1 aliphatic rings. The van der Waals surface area contributed by atoms with E-state index in [1.807, 2.05) is 30.3 Å². The van der Waals surface area contributed by atoms with Crippen LogP contribution in [0.2, 0.25) is 0 Å². The van der Waals surface area contributed by atoms with Crippen LogP contribution in [0, 0.1) is 6.92 Å². The second kappa shape index (κ2) is 7.47. The number of carbonyl (C=O) groups is 1. The number of hydrogen-bond acceptors (Lipinski definition) is 2. The van der Waals surface area contributed by atoms with E-state index >= 15 is 0 Å². The summed E-state index contributed by atoms with van der Waals surface area (Å²) in [5.74, 6) is 1.13. The molecule has 3 rings (SSSR count). The van der Waals surface area contributed by atoms with Crippen LogP contribution in [-0.4, -0.2) is 11.7 Å². The summed E-state index contributed by atoms with van der Waals surface area (Å²) >= 11 is 0. The van der Waals surface area contributed by atoms with Crippen LogP contribution < -0.4 is 5.32 Å². The average Bonchev–Trinajstić information content (AvgIpc) is 2.94. The number of benzene rings is 2. The number of rotatable bonds is 5. The molecule has 2 aromatic rings. The minimum absolute atomic E-state index is 0.118. The quantitative estimate of drug-likeness (QED) is 0.798.